The van der Waals surface area contributed by atoms with Crippen LogP contribution in [0.2, 0.25) is 0 Å². The Bertz CT molecular complexity index is 407. The molecule has 19 heavy (non-hydrogen) atoms. The molecule has 0 radical (unpaired) electrons. The van der Waals surface area contributed by atoms with Gasteiger partial charge in [0.1, 0.15) is 0 Å². The number of nitrogens with zero attached hydrogens (tertiary/aromatic N) is 2. The molecule has 0 bridgehead atoms. The molecule has 0 aromatic heterocycles. The van der Waals surface area contributed by atoms with Crippen LogP contribution in [0.4, 0.5) is 0 Å². The van der Waals surface area contributed by atoms with Crippen LogP contribution in [0.3, 0.4) is 0 Å². The Kier molecular flexibility index (Phi) is 4.93. The van der Waals surface area contributed by atoms with E-state index in [0.717, 1.165) is 32.6 Å². The molecule has 1 amide bonds. The summed E-state index contributed by atoms with van der Waals surface area (Å²) in [5, 5.41) is 3.30. The Morgan fingerprint density at radius 1 is 1.42 bits per heavy atom. The van der Waals surface area contributed by atoms with Gasteiger partial charge in [0.2, 0.25) is 5.91 Å². The van der Waals surface area contributed by atoms with Crippen LogP contribution in [0, 0.1) is 0 Å². The first-order chi connectivity index (χ1) is 9.16. The Morgan fingerprint density at radius 3 is 2.84 bits per heavy atom. The molecule has 1 aromatic carbocycles. The number of hydrogen-bond donors (Lipinski definition) is 1. The molecule has 104 valence electrons. The summed E-state index contributed by atoms with van der Waals surface area (Å²) in [6.45, 7) is 3.47. The number of piperazine rings is 1. The van der Waals surface area contributed by atoms with Crippen molar-refractivity contribution in [3.8, 4) is 0 Å². The number of likely N-dealkylation sites (N-methyl/N-ethyl adjacent to an activating group) is 2. The van der Waals surface area contributed by atoms with Crippen LogP contribution in [-0.4, -0.2) is 62.0 Å². The normalized spacial score (nSPS) is 20.2. The Morgan fingerprint density at radius 2 is 2.16 bits per heavy atom. The van der Waals surface area contributed by atoms with E-state index in [1.807, 2.05) is 30.1 Å². The lowest BCUT2D eigenvalue weighted by molar-refractivity contribution is -0.133. The first kappa shape index (κ1) is 14.0. The first-order valence-electron chi connectivity index (χ1n) is 6.87. The molecule has 4 heteroatoms. The fourth-order valence-electron chi connectivity index (χ4n) is 2.38. The van der Waals surface area contributed by atoms with Crippen molar-refractivity contribution in [2.75, 3.05) is 40.3 Å². The van der Waals surface area contributed by atoms with E-state index in [1.165, 1.54) is 5.56 Å². The number of amides is 1. The predicted molar refractivity (Wildman–Crippen MR) is 77.1 cm³/mol. The van der Waals surface area contributed by atoms with Gasteiger partial charge in [0.25, 0.3) is 0 Å². The van der Waals surface area contributed by atoms with E-state index < -0.39 is 0 Å². The number of rotatable bonds is 4. The zero-order valence-electron chi connectivity index (χ0n) is 11.8. The van der Waals surface area contributed by atoms with Crippen molar-refractivity contribution in [1.29, 1.82) is 0 Å². The number of benzene rings is 1. The number of hydrogen-bond acceptors (Lipinski definition) is 3. The maximum absolute atomic E-state index is 12.3. The van der Waals surface area contributed by atoms with Gasteiger partial charge in [0, 0.05) is 33.2 Å². The van der Waals surface area contributed by atoms with Gasteiger partial charge in [-0.2, -0.15) is 0 Å². The van der Waals surface area contributed by atoms with Gasteiger partial charge in [0.15, 0.2) is 0 Å². The van der Waals surface area contributed by atoms with E-state index in [1.54, 1.807) is 0 Å². The van der Waals surface area contributed by atoms with E-state index in [2.05, 4.69) is 29.4 Å². The lowest BCUT2D eigenvalue weighted by Crippen LogP contribution is -2.56. The lowest BCUT2D eigenvalue weighted by atomic mass is 10.1. The van der Waals surface area contributed by atoms with Crippen LogP contribution in [0.15, 0.2) is 30.3 Å². The summed E-state index contributed by atoms with van der Waals surface area (Å²) in [6.07, 6.45) is 0.908. The molecule has 1 unspecified atom stereocenters. The highest BCUT2D eigenvalue weighted by Crippen LogP contribution is 2.04. The monoisotopic (exact) mass is 261 g/mol. The molecule has 1 aliphatic rings. The Labute approximate surface area is 115 Å². The summed E-state index contributed by atoms with van der Waals surface area (Å²) in [4.78, 5) is 16.3. The zero-order valence-corrected chi connectivity index (χ0v) is 11.8. The molecule has 4 nitrogen and oxygen atoms in total. The first-order valence-corrected chi connectivity index (χ1v) is 6.87. The smallest absolute Gasteiger partial charge is 0.240 e. The predicted octanol–water partition coefficient (Wildman–Crippen LogP) is 0.591. The van der Waals surface area contributed by atoms with Crippen molar-refractivity contribution in [3.05, 3.63) is 35.9 Å². The maximum atomic E-state index is 12.3. The van der Waals surface area contributed by atoms with Crippen LogP contribution in [0.5, 0.6) is 0 Å². The van der Waals surface area contributed by atoms with Crippen molar-refractivity contribution < 1.29 is 4.79 Å². The van der Waals surface area contributed by atoms with E-state index in [0.29, 0.717) is 0 Å². The van der Waals surface area contributed by atoms with E-state index in [4.69, 9.17) is 0 Å². The molecule has 1 aromatic rings. The van der Waals surface area contributed by atoms with Gasteiger partial charge in [-0.1, -0.05) is 30.3 Å². The molecule has 1 N–H and O–H groups in total. The van der Waals surface area contributed by atoms with Crippen molar-refractivity contribution >= 4 is 5.91 Å². The summed E-state index contributed by atoms with van der Waals surface area (Å²) in [5.74, 6) is 0.197. The minimum absolute atomic E-state index is 0.0560. The van der Waals surface area contributed by atoms with Crippen LogP contribution in [0.25, 0.3) is 0 Å². The van der Waals surface area contributed by atoms with Gasteiger partial charge in [0.05, 0.1) is 6.04 Å². The molecular formula is C15H23N3O. The molecule has 1 heterocycles. The molecule has 0 spiro atoms. The van der Waals surface area contributed by atoms with Gasteiger partial charge >= 0.3 is 0 Å². The number of carbonyl (C=O) groups is 1. The number of carbonyl (C=O) groups excluding carboxylic acids is 1. The molecule has 1 atom stereocenters. The van der Waals surface area contributed by atoms with E-state index >= 15 is 0 Å². The third-order valence-electron chi connectivity index (χ3n) is 3.63. The summed E-state index contributed by atoms with van der Waals surface area (Å²) in [7, 11) is 3.95. The lowest BCUT2D eigenvalue weighted by Gasteiger charge is -2.32. The Balaban J connectivity index is 1.82. The van der Waals surface area contributed by atoms with Crippen LogP contribution < -0.4 is 5.32 Å². The molecular weight excluding hydrogens is 238 g/mol. The fraction of sp³-hybridized carbons (Fsp3) is 0.533. The average Bonchev–Trinajstić information content (AvgIpc) is 2.45. The summed E-state index contributed by atoms with van der Waals surface area (Å²) in [6, 6.07) is 10.2. The van der Waals surface area contributed by atoms with Gasteiger partial charge < -0.3 is 15.1 Å². The average molecular weight is 261 g/mol. The SMILES string of the molecule is CN1CCNC(C(=O)N(C)CCc2ccccc2)C1. The molecule has 0 aliphatic carbocycles. The van der Waals surface area contributed by atoms with Crippen molar-refractivity contribution in [2.24, 2.45) is 0 Å². The highest BCUT2D eigenvalue weighted by molar-refractivity contribution is 5.82. The quantitative estimate of drug-likeness (QED) is 0.862. The second-order valence-corrected chi connectivity index (χ2v) is 5.26. The largest absolute Gasteiger partial charge is 0.344 e. The molecule has 2 rings (SSSR count). The topological polar surface area (TPSA) is 35.6 Å². The molecule has 1 fully saturated rings. The molecule has 1 saturated heterocycles. The summed E-state index contributed by atoms with van der Waals surface area (Å²) < 4.78 is 0. The highest BCUT2D eigenvalue weighted by Gasteiger charge is 2.25. The van der Waals surface area contributed by atoms with E-state index in [9.17, 15) is 4.79 Å². The minimum Gasteiger partial charge on any atom is -0.344 e. The maximum Gasteiger partial charge on any atom is 0.240 e. The minimum atomic E-state index is -0.0560. The van der Waals surface area contributed by atoms with Gasteiger partial charge in [-0.15, -0.1) is 0 Å². The highest BCUT2D eigenvalue weighted by atomic mass is 16.2. The van der Waals surface area contributed by atoms with Crippen LogP contribution >= 0.6 is 0 Å². The van der Waals surface area contributed by atoms with Gasteiger partial charge in [-0.3, -0.25) is 4.79 Å². The summed E-state index contributed by atoms with van der Waals surface area (Å²) >= 11 is 0. The third-order valence-corrected chi connectivity index (χ3v) is 3.63. The second-order valence-electron chi connectivity index (χ2n) is 5.26. The van der Waals surface area contributed by atoms with Crippen LogP contribution in [-0.2, 0) is 11.2 Å². The van der Waals surface area contributed by atoms with Crippen molar-refractivity contribution in [2.45, 2.75) is 12.5 Å². The standard InChI is InChI=1S/C15H23N3O/c1-17-11-9-16-14(12-17)15(19)18(2)10-8-13-6-4-3-5-7-13/h3-7,14,16H,8-12H2,1-2H3. The Hall–Kier alpha value is -1.39. The third kappa shape index (κ3) is 4.04. The fourth-order valence-corrected chi connectivity index (χ4v) is 2.38. The molecule has 0 saturated carbocycles. The summed E-state index contributed by atoms with van der Waals surface area (Å²) in [5.41, 5.74) is 1.27. The number of nitrogens with one attached hydrogen (secondary N) is 1. The van der Waals surface area contributed by atoms with Gasteiger partial charge in [-0.05, 0) is 19.0 Å². The zero-order chi connectivity index (χ0) is 13.7. The van der Waals surface area contributed by atoms with Crippen LogP contribution in [0.1, 0.15) is 5.56 Å². The van der Waals surface area contributed by atoms with Gasteiger partial charge in [-0.25, -0.2) is 0 Å². The molecule has 1 aliphatic heterocycles. The van der Waals surface area contributed by atoms with E-state index in [-0.39, 0.29) is 11.9 Å². The van der Waals surface area contributed by atoms with Crippen molar-refractivity contribution in [3.63, 3.8) is 0 Å². The van der Waals surface area contributed by atoms with Crippen molar-refractivity contribution in [1.82, 2.24) is 15.1 Å². The second kappa shape index (κ2) is 6.68.